The Labute approximate surface area is 81.1 Å². The van der Waals surface area contributed by atoms with Crippen LogP contribution in [-0.4, -0.2) is 16.7 Å². The smallest absolute Gasteiger partial charge is 0.181 e. The zero-order chi connectivity index (χ0) is 9.47. The van der Waals surface area contributed by atoms with E-state index in [0.717, 1.165) is 23.4 Å². The normalized spacial score (nSPS) is 18.6. The monoisotopic (exact) mass is 196 g/mol. The van der Waals surface area contributed by atoms with Crippen LogP contribution in [0.5, 0.6) is 0 Å². The van der Waals surface area contributed by atoms with E-state index in [1.165, 1.54) is 11.5 Å². The van der Waals surface area contributed by atoms with Gasteiger partial charge in [-0.3, -0.25) is 4.79 Å². The lowest BCUT2D eigenvalue weighted by Crippen LogP contribution is -2.24. The molecule has 0 aromatic carbocycles. The van der Waals surface area contributed by atoms with E-state index in [-0.39, 0.29) is 11.2 Å². The fourth-order valence-corrected chi connectivity index (χ4v) is 2.22. The van der Waals surface area contributed by atoms with Crippen molar-refractivity contribution in [3.63, 3.8) is 0 Å². The molecule has 0 unspecified atom stereocenters. The van der Waals surface area contributed by atoms with Crippen LogP contribution in [0.1, 0.15) is 28.2 Å². The molecule has 2 rings (SSSR count). The minimum Gasteiger partial charge on any atom is -0.329 e. The number of Topliss-reactive ketones (excluding diaryl/α,β-unsaturated/α-hetero) is 1. The second kappa shape index (κ2) is 2.89. The number of hydrogen-bond acceptors (Lipinski definition) is 4. The summed E-state index contributed by atoms with van der Waals surface area (Å²) in [4.78, 5) is 12.6. The molecule has 4 heteroatoms. The number of nitrogens with two attached hydrogens (primary N) is 1. The maximum Gasteiger partial charge on any atom is 0.181 e. The van der Waals surface area contributed by atoms with Gasteiger partial charge in [-0.25, -0.2) is 0 Å². The lowest BCUT2D eigenvalue weighted by atomic mass is 10.0. The van der Waals surface area contributed by atoms with E-state index < -0.39 is 0 Å². The molecule has 1 heterocycles. The molecule has 1 fully saturated rings. The number of ketones is 1. The summed E-state index contributed by atoms with van der Waals surface area (Å²) in [7, 11) is 0. The Morgan fingerprint density at radius 1 is 1.77 bits per heavy atom. The predicted molar refractivity (Wildman–Crippen MR) is 51.9 cm³/mol. The molecule has 0 saturated heterocycles. The number of carbonyl (C=O) groups excluding carboxylic acids is 1. The minimum absolute atomic E-state index is 0.195. The Balaban J connectivity index is 2.23. The van der Waals surface area contributed by atoms with Crippen molar-refractivity contribution in [2.45, 2.75) is 19.8 Å². The highest BCUT2D eigenvalue weighted by Crippen LogP contribution is 2.47. The standard InChI is InChI=1S/C9H12N2OS/c1-6-4-7(13-11-6)8(12)9(5-10)2-3-9/h4H,2-3,5,10H2,1H3. The molecule has 0 aliphatic heterocycles. The Morgan fingerprint density at radius 3 is 2.85 bits per heavy atom. The van der Waals surface area contributed by atoms with Gasteiger partial charge in [0.25, 0.3) is 0 Å². The van der Waals surface area contributed by atoms with Crippen molar-refractivity contribution in [2.75, 3.05) is 6.54 Å². The minimum atomic E-state index is -0.223. The highest BCUT2D eigenvalue weighted by molar-refractivity contribution is 7.08. The molecule has 0 bridgehead atoms. The van der Waals surface area contributed by atoms with E-state index in [1.54, 1.807) is 0 Å². The third-order valence-electron chi connectivity index (χ3n) is 2.58. The fourth-order valence-electron chi connectivity index (χ4n) is 1.41. The zero-order valence-electron chi connectivity index (χ0n) is 7.54. The SMILES string of the molecule is Cc1cc(C(=O)C2(CN)CC2)sn1. The molecule has 2 N–H and O–H groups in total. The third-order valence-corrected chi connectivity index (χ3v) is 3.46. The molecule has 1 aromatic heterocycles. The van der Waals surface area contributed by atoms with E-state index in [2.05, 4.69) is 4.37 Å². The molecule has 0 amide bonds. The summed E-state index contributed by atoms with van der Waals surface area (Å²) in [6, 6.07) is 1.85. The molecule has 0 radical (unpaired) electrons. The van der Waals surface area contributed by atoms with Gasteiger partial charge < -0.3 is 5.73 Å². The Kier molecular flexibility index (Phi) is 1.96. The fraction of sp³-hybridized carbons (Fsp3) is 0.556. The molecule has 0 spiro atoms. The van der Waals surface area contributed by atoms with Gasteiger partial charge in [0.2, 0.25) is 0 Å². The lowest BCUT2D eigenvalue weighted by molar-refractivity contribution is 0.0910. The second-order valence-electron chi connectivity index (χ2n) is 3.65. The molecule has 1 aliphatic carbocycles. The van der Waals surface area contributed by atoms with Crippen LogP contribution in [0.3, 0.4) is 0 Å². The number of hydrogen-bond donors (Lipinski definition) is 1. The first-order valence-corrected chi connectivity index (χ1v) is 5.13. The molecule has 1 aliphatic rings. The van der Waals surface area contributed by atoms with Gasteiger partial charge in [0.05, 0.1) is 10.6 Å². The van der Waals surface area contributed by atoms with E-state index in [9.17, 15) is 4.79 Å². The topological polar surface area (TPSA) is 56.0 Å². The maximum atomic E-state index is 11.9. The third kappa shape index (κ3) is 1.40. The van der Waals surface area contributed by atoms with Crippen LogP contribution < -0.4 is 5.73 Å². The van der Waals surface area contributed by atoms with E-state index in [1.807, 2.05) is 13.0 Å². The first kappa shape index (κ1) is 8.84. The average molecular weight is 196 g/mol. The first-order valence-electron chi connectivity index (χ1n) is 4.36. The quantitative estimate of drug-likeness (QED) is 0.743. The average Bonchev–Trinajstić information content (AvgIpc) is 2.82. The van der Waals surface area contributed by atoms with Gasteiger partial charge in [-0.15, -0.1) is 0 Å². The van der Waals surface area contributed by atoms with Crippen molar-refractivity contribution in [1.29, 1.82) is 0 Å². The van der Waals surface area contributed by atoms with E-state index in [4.69, 9.17) is 5.73 Å². The van der Waals surface area contributed by atoms with E-state index in [0.29, 0.717) is 6.54 Å². The van der Waals surface area contributed by atoms with Crippen molar-refractivity contribution in [3.05, 3.63) is 16.6 Å². The van der Waals surface area contributed by atoms with Gasteiger partial charge in [0, 0.05) is 12.0 Å². The van der Waals surface area contributed by atoms with Gasteiger partial charge in [-0.05, 0) is 37.4 Å². The summed E-state index contributed by atoms with van der Waals surface area (Å²) in [5.74, 6) is 0.195. The number of rotatable bonds is 3. The Morgan fingerprint density at radius 2 is 2.46 bits per heavy atom. The molecular weight excluding hydrogens is 184 g/mol. The number of aryl methyl sites for hydroxylation is 1. The van der Waals surface area contributed by atoms with Crippen LogP contribution in [0, 0.1) is 12.3 Å². The summed E-state index contributed by atoms with van der Waals surface area (Å²) < 4.78 is 4.09. The molecule has 13 heavy (non-hydrogen) atoms. The highest BCUT2D eigenvalue weighted by Gasteiger charge is 2.49. The maximum absolute atomic E-state index is 11.9. The summed E-state index contributed by atoms with van der Waals surface area (Å²) >= 11 is 1.28. The number of carbonyl (C=O) groups is 1. The van der Waals surface area contributed by atoms with Gasteiger partial charge in [0.1, 0.15) is 0 Å². The van der Waals surface area contributed by atoms with Crippen molar-refractivity contribution in [2.24, 2.45) is 11.1 Å². The van der Waals surface area contributed by atoms with Gasteiger partial charge in [-0.1, -0.05) is 0 Å². The van der Waals surface area contributed by atoms with E-state index >= 15 is 0 Å². The molecule has 0 atom stereocenters. The van der Waals surface area contributed by atoms with Crippen molar-refractivity contribution >= 4 is 17.3 Å². The van der Waals surface area contributed by atoms with Crippen LogP contribution in [0.25, 0.3) is 0 Å². The Bertz CT molecular complexity index is 341. The van der Waals surface area contributed by atoms with Crippen LogP contribution in [0.15, 0.2) is 6.07 Å². The molecule has 3 nitrogen and oxygen atoms in total. The first-order chi connectivity index (χ1) is 6.18. The summed E-state index contributed by atoms with van der Waals surface area (Å²) in [5.41, 5.74) is 6.27. The van der Waals surface area contributed by atoms with Crippen LogP contribution in [0.4, 0.5) is 0 Å². The van der Waals surface area contributed by atoms with Gasteiger partial charge >= 0.3 is 0 Å². The van der Waals surface area contributed by atoms with Crippen molar-refractivity contribution < 1.29 is 4.79 Å². The van der Waals surface area contributed by atoms with Crippen molar-refractivity contribution in [1.82, 2.24) is 4.37 Å². The summed E-state index contributed by atoms with van der Waals surface area (Å²) in [6.07, 6.45) is 1.89. The van der Waals surface area contributed by atoms with Crippen molar-refractivity contribution in [3.8, 4) is 0 Å². The highest BCUT2D eigenvalue weighted by atomic mass is 32.1. The molecular formula is C9H12N2OS. The second-order valence-corrected chi connectivity index (χ2v) is 4.45. The molecule has 1 saturated carbocycles. The lowest BCUT2D eigenvalue weighted by Gasteiger charge is -2.07. The summed E-state index contributed by atoms with van der Waals surface area (Å²) in [6.45, 7) is 2.37. The molecule has 70 valence electrons. The van der Waals surface area contributed by atoms with Crippen LogP contribution in [0.2, 0.25) is 0 Å². The van der Waals surface area contributed by atoms with Crippen LogP contribution in [-0.2, 0) is 0 Å². The van der Waals surface area contributed by atoms with Gasteiger partial charge in [-0.2, -0.15) is 4.37 Å². The largest absolute Gasteiger partial charge is 0.329 e. The molecule has 1 aromatic rings. The number of aromatic nitrogens is 1. The van der Waals surface area contributed by atoms with Crippen LogP contribution >= 0.6 is 11.5 Å². The summed E-state index contributed by atoms with van der Waals surface area (Å²) in [5, 5.41) is 0. The Hall–Kier alpha value is -0.740. The number of nitrogens with zero attached hydrogens (tertiary/aromatic N) is 1. The zero-order valence-corrected chi connectivity index (χ0v) is 8.36. The van der Waals surface area contributed by atoms with Gasteiger partial charge in [0.15, 0.2) is 5.78 Å². The predicted octanol–water partition coefficient (Wildman–Crippen LogP) is 1.37.